The number of carbonyl (C=O) groups is 2. The number of hydrogen-bond acceptors (Lipinski definition) is 5. The van der Waals surface area contributed by atoms with Gasteiger partial charge in [-0.15, -0.1) is 0 Å². The SMILES string of the molecule is CCc1ccc(N2C(=O)/C(=C/c3cccc(OC)c3OC(C)C)C(=O)NC2=S)cc1. The smallest absolute Gasteiger partial charge is 0.270 e. The normalized spacial score (nSPS) is 15.6. The lowest BCUT2D eigenvalue weighted by Gasteiger charge is -2.29. The highest BCUT2D eigenvalue weighted by Crippen LogP contribution is 2.34. The molecule has 0 spiro atoms. The van der Waals surface area contributed by atoms with E-state index in [-0.39, 0.29) is 16.8 Å². The van der Waals surface area contributed by atoms with Gasteiger partial charge < -0.3 is 9.47 Å². The largest absolute Gasteiger partial charge is 0.493 e. The number of hydrogen-bond donors (Lipinski definition) is 1. The number of thiocarbonyl (C=S) groups is 1. The van der Waals surface area contributed by atoms with Crippen LogP contribution in [0, 0.1) is 0 Å². The number of rotatable bonds is 6. The number of carbonyl (C=O) groups excluding carboxylic acids is 2. The van der Waals surface area contributed by atoms with Gasteiger partial charge in [-0.3, -0.25) is 19.8 Å². The number of nitrogens with zero attached hydrogens (tertiary/aromatic N) is 1. The van der Waals surface area contributed by atoms with Crippen LogP contribution in [0.4, 0.5) is 5.69 Å². The van der Waals surface area contributed by atoms with E-state index < -0.39 is 11.8 Å². The van der Waals surface area contributed by atoms with E-state index >= 15 is 0 Å². The molecule has 0 unspecified atom stereocenters. The fourth-order valence-corrected chi connectivity index (χ4v) is 3.38. The number of amides is 2. The maximum Gasteiger partial charge on any atom is 0.270 e. The van der Waals surface area contributed by atoms with Crippen LogP contribution in [-0.4, -0.2) is 30.1 Å². The average Bonchev–Trinajstić information content (AvgIpc) is 2.72. The Bertz CT molecular complexity index is 1010. The molecule has 3 rings (SSSR count). The molecule has 2 aromatic carbocycles. The van der Waals surface area contributed by atoms with E-state index in [1.54, 1.807) is 18.2 Å². The van der Waals surface area contributed by atoms with Crippen molar-refractivity contribution >= 4 is 40.9 Å². The first kappa shape index (κ1) is 21.5. The van der Waals surface area contributed by atoms with Crippen molar-refractivity contribution in [2.24, 2.45) is 0 Å². The van der Waals surface area contributed by atoms with Crippen molar-refractivity contribution in [1.29, 1.82) is 0 Å². The summed E-state index contributed by atoms with van der Waals surface area (Å²) >= 11 is 5.27. The van der Waals surface area contributed by atoms with Crippen molar-refractivity contribution in [3.05, 3.63) is 59.2 Å². The minimum Gasteiger partial charge on any atom is -0.493 e. The molecule has 0 aliphatic carbocycles. The van der Waals surface area contributed by atoms with Crippen LogP contribution in [0.2, 0.25) is 0 Å². The second-order valence-corrected chi connectivity index (χ2v) is 7.41. The van der Waals surface area contributed by atoms with Crippen molar-refractivity contribution < 1.29 is 19.1 Å². The first-order chi connectivity index (χ1) is 14.3. The molecule has 30 heavy (non-hydrogen) atoms. The van der Waals surface area contributed by atoms with Gasteiger partial charge in [0.25, 0.3) is 11.8 Å². The Morgan fingerprint density at radius 3 is 2.43 bits per heavy atom. The number of benzene rings is 2. The standard InChI is InChI=1S/C23H24N2O4S/c1-5-15-9-11-17(12-10-15)25-22(27)18(21(26)24-23(25)30)13-16-7-6-8-19(28-4)20(16)29-14(2)3/h6-14H,5H2,1-4H3,(H,24,26,30)/b18-13+. The van der Waals surface area contributed by atoms with Crippen molar-refractivity contribution in [2.75, 3.05) is 12.0 Å². The molecule has 6 nitrogen and oxygen atoms in total. The molecule has 0 aromatic heterocycles. The third-order valence-electron chi connectivity index (χ3n) is 4.59. The van der Waals surface area contributed by atoms with E-state index in [2.05, 4.69) is 12.2 Å². The highest BCUT2D eigenvalue weighted by Gasteiger charge is 2.34. The summed E-state index contributed by atoms with van der Waals surface area (Å²) in [6.45, 7) is 5.83. The summed E-state index contributed by atoms with van der Waals surface area (Å²) in [6.07, 6.45) is 2.28. The summed E-state index contributed by atoms with van der Waals surface area (Å²) in [7, 11) is 1.54. The molecule has 2 aromatic rings. The van der Waals surface area contributed by atoms with Crippen molar-refractivity contribution in [3.63, 3.8) is 0 Å². The second kappa shape index (κ2) is 9.09. The third-order valence-corrected chi connectivity index (χ3v) is 4.87. The van der Waals surface area contributed by atoms with Gasteiger partial charge in [0.2, 0.25) is 0 Å². The monoisotopic (exact) mass is 424 g/mol. The highest BCUT2D eigenvalue weighted by molar-refractivity contribution is 7.80. The molecule has 7 heteroatoms. The summed E-state index contributed by atoms with van der Waals surface area (Å²) in [5, 5.41) is 2.65. The maximum atomic E-state index is 13.2. The van der Waals surface area contributed by atoms with Gasteiger partial charge in [-0.25, -0.2) is 0 Å². The summed E-state index contributed by atoms with van der Waals surface area (Å²) < 4.78 is 11.3. The summed E-state index contributed by atoms with van der Waals surface area (Å²) in [4.78, 5) is 27.2. The van der Waals surface area contributed by atoms with Crippen LogP contribution in [0.25, 0.3) is 6.08 Å². The summed E-state index contributed by atoms with van der Waals surface area (Å²) in [5.74, 6) is -0.0598. The predicted octanol–water partition coefficient (Wildman–Crippen LogP) is 3.88. The number of aryl methyl sites for hydroxylation is 1. The van der Waals surface area contributed by atoms with Crippen LogP contribution in [0.1, 0.15) is 31.9 Å². The maximum absolute atomic E-state index is 13.2. The van der Waals surface area contributed by atoms with Crippen LogP contribution in [0.5, 0.6) is 11.5 Å². The van der Waals surface area contributed by atoms with Gasteiger partial charge >= 0.3 is 0 Å². The zero-order valence-corrected chi connectivity index (χ0v) is 18.2. The molecule has 0 radical (unpaired) electrons. The van der Waals surface area contributed by atoms with Gasteiger partial charge in [0.05, 0.1) is 18.9 Å². The molecule has 156 valence electrons. The molecule has 1 saturated heterocycles. The number of nitrogens with one attached hydrogen (secondary N) is 1. The van der Waals surface area contributed by atoms with E-state index in [4.69, 9.17) is 21.7 Å². The Morgan fingerprint density at radius 1 is 1.13 bits per heavy atom. The number of anilines is 1. The first-order valence-corrected chi connectivity index (χ1v) is 10.1. The predicted molar refractivity (Wildman–Crippen MR) is 121 cm³/mol. The highest BCUT2D eigenvalue weighted by atomic mass is 32.1. The van der Waals surface area contributed by atoms with Crippen LogP contribution in [0.3, 0.4) is 0 Å². The minimum absolute atomic E-state index is 0.0370. The molecular formula is C23H24N2O4S. The quantitative estimate of drug-likeness (QED) is 0.433. The average molecular weight is 425 g/mol. The van der Waals surface area contributed by atoms with Gasteiger partial charge in [-0.2, -0.15) is 0 Å². The Labute approximate surface area is 181 Å². The van der Waals surface area contributed by atoms with Gasteiger partial charge in [0.1, 0.15) is 5.57 Å². The number of ether oxygens (including phenoxy) is 2. The Kier molecular flexibility index (Phi) is 6.52. The van der Waals surface area contributed by atoms with Gasteiger partial charge in [-0.05, 0) is 62.3 Å². The molecule has 2 amide bonds. The van der Waals surface area contributed by atoms with Gasteiger partial charge in [0.15, 0.2) is 16.6 Å². The molecule has 0 saturated carbocycles. The lowest BCUT2D eigenvalue weighted by Crippen LogP contribution is -2.54. The number of methoxy groups -OCH3 is 1. The fraction of sp³-hybridized carbons (Fsp3) is 0.261. The van der Waals surface area contributed by atoms with E-state index in [0.29, 0.717) is 22.7 Å². The lowest BCUT2D eigenvalue weighted by atomic mass is 10.1. The number of para-hydroxylation sites is 1. The lowest BCUT2D eigenvalue weighted by molar-refractivity contribution is -0.122. The van der Waals surface area contributed by atoms with Crippen LogP contribution in [0.15, 0.2) is 48.0 Å². The molecule has 1 heterocycles. The minimum atomic E-state index is -0.551. The summed E-state index contributed by atoms with van der Waals surface area (Å²) in [5.41, 5.74) is 2.26. The van der Waals surface area contributed by atoms with E-state index in [0.717, 1.165) is 12.0 Å². The Hall–Kier alpha value is -3.19. The zero-order valence-electron chi connectivity index (χ0n) is 17.4. The van der Waals surface area contributed by atoms with Crippen LogP contribution in [-0.2, 0) is 16.0 Å². The van der Waals surface area contributed by atoms with E-state index in [1.165, 1.54) is 18.1 Å². The third kappa shape index (κ3) is 4.36. The van der Waals surface area contributed by atoms with Crippen LogP contribution >= 0.6 is 12.2 Å². The van der Waals surface area contributed by atoms with Crippen LogP contribution < -0.4 is 19.7 Å². The van der Waals surface area contributed by atoms with Crippen molar-refractivity contribution in [2.45, 2.75) is 33.3 Å². The molecular weight excluding hydrogens is 400 g/mol. The molecule has 1 aliphatic rings. The fourth-order valence-electron chi connectivity index (χ4n) is 3.10. The van der Waals surface area contributed by atoms with E-state index in [9.17, 15) is 9.59 Å². The molecule has 1 fully saturated rings. The Balaban J connectivity index is 2.04. The molecule has 0 atom stereocenters. The molecule has 0 bridgehead atoms. The molecule has 1 aliphatic heterocycles. The van der Waals surface area contributed by atoms with E-state index in [1.807, 2.05) is 38.1 Å². The van der Waals surface area contributed by atoms with Crippen molar-refractivity contribution in [1.82, 2.24) is 5.32 Å². The Morgan fingerprint density at radius 2 is 1.83 bits per heavy atom. The van der Waals surface area contributed by atoms with Crippen molar-refractivity contribution in [3.8, 4) is 11.5 Å². The summed E-state index contributed by atoms with van der Waals surface area (Å²) in [6, 6.07) is 12.8. The zero-order chi connectivity index (χ0) is 21.8. The van der Waals surface area contributed by atoms with Gasteiger partial charge in [0, 0.05) is 5.56 Å². The van der Waals surface area contributed by atoms with Gasteiger partial charge in [-0.1, -0.05) is 31.2 Å². The second-order valence-electron chi connectivity index (χ2n) is 7.02. The first-order valence-electron chi connectivity index (χ1n) is 9.69. The topological polar surface area (TPSA) is 67.9 Å². The molecule has 1 N–H and O–H groups in total.